The molecule has 4 aromatic rings. The molecule has 23 heavy (non-hydrogen) atoms. The molecule has 0 bridgehead atoms. The summed E-state index contributed by atoms with van der Waals surface area (Å²) in [5.74, 6) is 0.896. The molecule has 0 saturated heterocycles. The molecule has 1 N–H and O–H groups in total. The summed E-state index contributed by atoms with van der Waals surface area (Å²) in [5, 5.41) is 2.50. The van der Waals surface area contributed by atoms with Gasteiger partial charge in [-0.1, -0.05) is 48.0 Å². The number of hydrogen-bond acceptors (Lipinski definition) is 1. The molecule has 3 aromatic carbocycles. The number of aromatic amines is 1. The van der Waals surface area contributed by atoms with Gasteiger partial charge in [0.1, 0.15) is 5.75 Å². The summed E-state index contributed by atoms with van der Waals surface area (Å²) in [5.41, 5.74) is 7.14. The molecule has 2 nitrogen and oxygen atoms in total. The fourth-order valence-corrected chi connectivity index (χ4v) is 3.38. The minimum atomic E-state index is 0.896. The van der Waals surface area contributed by atoms with Crippen molar-refractivity contribution in [1.29, 1.82) is 0 Å². The van der Waals surface area contributed by atoms with Crippen LogP contribution >= 0.6 is 0 Å². The molecule has 4 rings (SSSR count). The van der Waals surface area contributed by atoms with Gasteiger partial charge in [-0.3, -0.25) is 0 Å². The van der Waals surface area contributed by atoms with Crippen molar-refractivity contribution in [2.45, 2.75) is 13.8 Å². The molecule has 0 aliphatic rings. The van der Waals surface area contributed by atoms with Crippen LogP contribution in [-0.4, -0.2) is 12.1 Å². The Morgan fingerprint density at radius 1 is 0.826 bits per heavy atom. The number of ether oxygens (including phenoxy) is 1. The van der Waals surface area contributed by atoms with Gasteiger partial charge in [-0.2, -0.15) is 0 Å². The van der Waals surface area contributed by atoms with E-state index in [4.69, 9.17) is 4.74 Å². The number of aryl methyl sites for hydroxylation is 2. The maximum absolute atomic E-state index is 5.65. The fraction of sp³-hybridized carbons (Fsp3) is 0.143. The first-order chi connectivity index (χ1) is 11.2. The van der Waals surface area contributed by atoms with E-state index in [-0.39, 0.29) is 0 Å². The number of aromatic nitrogens is 1. The zero-order valence-electron chi connectivity index (χ0n) is 13.6. The van der Waals surface area contributed by atoms with Gasteiger partial charge in [0.15, 0.2) is 0 Å². The van der Waals surface area contributed by atoms with Gasteiger partial charge in [0.05, 0.1) is 12.6 Å². The number of H-pyrrole nitrogens is 1. The monoisotopic (exact) mass is 301 g/mol. The Hall–Kier alpha value is -2.74. The SMILES string of the molecule is COc1ccc2c([nH]c3c(C)cccc32)c1-c1cccc(C)c1. The predicted molar refractivity (Wildman–Crippen MR) is 97.3 cm³/mol. The second kappa shape index (κ2) is 5.17. The number of benzene rings is 3. The zero-order valence-corrected chi connectivity index (χ0v) is 13.6. The maximum Gasteiger partial charge on any atom is 0.128 e. The van der Waals surface area contributed by atoms with Crippen molar-refractivity contribution < 1.29 is 4.74 Å². The van der Waals surface area contributed by atoms with Crippen molar-refractivity contribution in [3.8, 4) is 16.9 Å². The number of rotatable bonds is 2. The zero-order chi connectivity index (χ0) is 16.0. The van der Waals surface area contributed by atoms with Gasteiger partial charge in [-0.15, -0.1) is 0 Å². The molecule has 0 saturated carbocycles. The normalized spacial score (nSPS) is 11.3. The Morgan fingerprint density at radius 3 is 2.39 bits per heavy atom. The minimum Gasteiger partial charge on any atom is -0.496 e. The number of para-hydroxylation sites is 1. The molecule has 1 heterocycles. The highest BCUT2D eigenvalue weighted by molar-refractivity contribution is 6.13. The van der Waals surface area contributed by atoms with Crippen LogP contribution in [0.5, 0.6) is 5.75 Å². The van der Waals surface area contributed by atoms with E-state index < -0.39 is 0 Å². The third kappa shape index (κ3) is 2.10. The van der Waals surface area contributed by atoms with Crippen LogP contribution in [0.2, 0.25) is 0 Å². The molecule has 0 radical (unpaired) electrons. The fourth-order valence-electron chi connectivity index (χ4n) is 3.38. The molecule has 0 spiro atoms. The summed E-state index contributed by atoms with van der Waals surface area (Å²) in [6, 6.07) is 19.2. The highest BCUT2D eigenvalue weighted by Gasteiger charge is 2.15. The molecule has 2 heteroatoms. The van der Waals surface area contributed by atoms with Crippen LogP contribution in [0.25, 0.3) is 32.9 Å². The van der Waals surface area contributed by atoms with E-state index in [2.05, 4.69) is 73.4 Å². The van der Waals surface area contributed by atoms with Crippen LogP contribution in [0.15, 0.2) is 54.6 Å². The lowest BCUT2D eigenvalue weighted by Crippen LogP contribution is -1.90. The van der Waals surface area contributed by atoms with Crippen LogP contribution in [-0.2, 0) is 0 Å². The summed E-state index contributed by atoms with van der Waals surface area (Å²) < 4.78 is 5.65. The first-order valence-corrected chi connectivity index (χ1v) is 7.84. The van der Waals surface area contributed by atoms with Gasteiger partial charge >= 0.3 is 0 Å². The van der Waals surface area contributed by atoms with Crippen LogP contribution in [0.1, 0.15) is 11.1 Å². The van der Waals surface area contributed by atoms with Gasteiger partial charge in [0.25, 0.3) is 0 Å². The van der Waals surface area contributed by atoms with Gasteiger partial charge in [-0.05, 0) is 37.1 Å². The Balaban J connectivity index is 2.16. The quantitative estimate of drug-likeness (QED) is 0.511. The molecule has 0 amide bonds. The number of methoxy groups -OCH3 is 1. The highest BCUT2D eigenvalue weighted by atomic mass is 16.5. The molecular weight excluding hydrogens is 282 g/mol. The Morgan fingerprint density at radius 2 is 1.61 bits per heavy atom. The molecule has 0 aliphatic carbocycles. The minimum absolute atomic E-state index is 0.896. The molecule has 0 unspecified atom stereocenters. The summed E-state index contributed by atoms with van der Waals surface area (Å²) in [6.07, 6.45) is 0. The lowest BCUT2D eigenvalue weighted by atomic mass is 9.99. The summed E-state index contributed by atoms with van der Waals surface area (Å²) in [4.78, 5) is 3.63. The average molecular weight is 301 g/mol. The smallest absolute Gasteiger partial charge is 0.128 e. The molecule has 114 valence electrons. The molecule has 0 atom stereocenters. The standard InChI is InChI=1S/C21H19NO/c1-13-6-4-8-15(12-13)19-18(23-3)11-10-17-16-9-5-7-14(2)20(16)22-21(17)19/h4-12,22H,1-3H3. The first kappa shape index (κ1) is 13.9. The Kier molecular flexibility index (Phi) is 3.12. The highest BCUT2D eigenvalue weighted by Crippen LogP contribution is 2.40. The Bertz CT molecular complexity index is 1030. The average Bonchev–Trinajstić information content (AvgIpc) is 2.94. The summed E-state index contributed by atoms with van der Waals surface area (Å²) >= 11 is 0. The van der Waals surface area contributed by atoms with Gasteiger partial charge in [-0.25, -0.2) is 0 Å². The van der Waals surface area contributed by atoms with E-state index in [1.807, 2.05) is 0 Å². The Labute approximate surface area is 135 Å². The number of hydrogen-bond donors (Lipinski definition) is 1. The maximum atomic E-state index is 5.65. The number of nitrogens with one attached hydrogen (secondary N) is 1. The largest absolute Gasteiger partial charge is 0.496 e. The summed E-state index contributed by atoms with van der Waals surface area (Å²) in [6.45, 7) is 4.26. The van der Waals surface area contributed by atoms with Gasteiger partial charge in [0.2, 0.25) is 0 Å². The molecule has 1 aromatic heterocycles. The second-order valence-electron chi connectivity index (χ2n) is 6.06. The topological polar surface area (TPSA) is 25.0 Å². The van der Waals surface area contributed by atoms with Crippen molar-refractivity contribution in [3.63, 3.8) is 0 Å². The van der Waals surface area contributed by atoms with Crippen LogP contribution in [0.4, 0.5) is 0 Å². The van der Waals surface area contributed by atoms with E-state index in [9.17, 15) is 0 Å². The third-order valence-electron chi connectivity index (χ3n) is 4.51. The van der Waals surface area contributed by atoms with Crippen LogP contribution < -0.4 is 4.74 Å². The lowest BCUT2D eigenvalue weighted by molar-refractivity contribution is 0.417. The first-order valence-electron chi connectivity index (χ1n) is 7.84. The molecular formula is C21H19NO. The van der Waals surface area contributed by atoms with E-state index in [0.717, 1.165) is 16.8 Å². The number of fused-ring (bicyclic) bond motifs is 3. The van der Waals surface area contributed by atoms with Crippen molar-refractivity contribution in [3.05, 3.63) is 65.7 Å². The third-order valence-corrected chi connectivity index (χ3v) is 4.51. The van der Waals surface area contributed by atoms with Crippen molar-refractivity contribution in [2.24, 2.45) is 0 Å². The van der Waals surface area contributed by atoms with E-state index in [1.165, 1.54) is 33.0 Å². The van der Waals surface area contributed by atoms with Crippen LogP contribution in [0.3, 0.4) is 0 Å². The van der Waals surface area contributed by atoms with Gasteiger partial charge in [0, 0.05) is 21.9 Å². The van der Waals surface area contributed by atoms with Crippen molar-refractivity contribution >= 4 is 21.8 Å². The van der Waals surface area contributed by atoms with E-state index in [1.54, 1.807) is 7.11 Å². The molecule has 0 fully saturated rings. The van der Waals surface area contributed by atoms with Crippen LogP contribution in [0, 0.1) is 13.8 Å². The van der Waals surface area contributed by atoms with Crippen molar-refractivity contribution in [1.82, 2.24) is 4.98 Å². The predicted octanol–water partition coefficient (Wildman–Crippen LogP) is 5.61. The molecule has 0 aliphatic heterocycles. The van der Waals surface area contributed by atoms with E-state index >= 15 is 0 Å². The summed E-state index contributed by atoms with van der Waals surface area (Å²) in [7, 11) is 1.73. The van der Waals surface area contributed by atoms with Crippen molar-refractivity contribution in [2.75, 3.05) is 7.11 Å². The van der Waals surface area contributed by atoms with Gasteiger partial charge < -0.3 is 9.72 Å². The lowest BCUT2D eigenvalue weighted by Gasteiger charge is -2.11. The van der Waals surface area contributed by atoms with E-state index in [0.29, 0.717) is 0 Å². The second-order valence-corrected chi connectivity index (χ2v) is 6.06.